The number of hydrogen-bond acceptors (Lipinski definition) is 3. The Labute approximate surface area is 191 Å². The Morgan fingerprint density at radius 2 is 1.84 bits per heavy atom. The van der Waals surface area contributed by atoms with Gasteiger partial charge in [-0.15, -0.1) is 0 Å². The van der Waals surface area contributed by atoms with Crippen LogP contribution in [0, 0.1) is 5.92 Å². The van der Waals surface area contributed by atoms with Crippen molar-refractivity contribution in [3.05, 3.63) is 74.3 Å². The Hall–Kier alpha value is -2.37. The lowest BCUT2D eigenvalue weighted by Gasteiger charge is -2.32. The number of fused-ring (bicyclic) bond motifs is 1. The Bertz CT molecular complexity index is 1170. The summed E-state index contributed by atoms with van der Waals surface area (Å²) >= 11 is 12.0. The molecule has 0 aliphatic carbocycles. The van der Waals surface area contributed by atoms with Gasteiger partial charge in [-0.3, -0.25) is 14.2 Å². The third-order valence-electron chi connectivity index (χ3n) is 5.92. The summed E-state index contributed by atoms with van der Waals surface area (Å²) in [5.74, 6) is 1.14. The summed E-state index contributed by atoms with van der Waals surface area (Å²) in [7, 11) is 0. The fourth-order valence-corrected chi connectivity index (χ4v) is 4.50. The number of aromatic nitrogens is 2. The van der Waals surface area contributed by atoms with E-state index in [1.165, 1.54) is 0 Å². The van der Waals surface area contributed by atoms with Crippen molar-refractivity contribution in [3.8, 4) is 0 Å². The normalized spacial score (nSPS) is 14.9. The molecule has 0 N–H and O–H groups in total. The van der Waals surface area contributed by atoms with Crippen LogP contribution in [0.3, 0.4) is 0 Å². The fourth-order valence-electron chi connectivity index (χ4n) is 4.21. The molecule has 3 aromatic rings. The molecule has 1 aromatic heterocycles. The molecule has 0 unspecified atom stereocenters. The van der Waals surface area contributed by atoms with E-state index in [1.807, 2.05) is 33.7 Å². The number of benzene rings is 2. The second-order valence-electron chi connectivity index (χ2n) is 8.08. The summed E-state index contributed by atoms with van der Waals surface area (Å²) in [6.07, 6.45) is 3.39. The first-order chi connectivity index (χ1) is 15.0. The number of amides is 1. The van der Waals surface area contributed by atoms with Crippen LogP contribution in [-0.4, -0.2) is 33.4 Å². The van der Waals surface area contributed by atoms with Crippen molar-refractivity contribution in [1.82, 2.24) is 14.5 Å². The smallest absolute Gasteiger partial charge is 0.261 e. The number of para-hydroxylation sites is 1. The molecular formula is C24H25Cl2N3O2. The molecule has 1 amide bonds. The van der Waals surface area contributed by atoms with Crippen molar-refractivity contribution in [1.29, 1.82) is 0 Å². The van der Waals surface area contributed by atoms with E-state index in [0.29, 0.717) is 46.5 Å². The molecule has 0 bridgehead atoms. The largest absolute Gasteiger partial charge is 0.339 e. The summed E-state index contributed by atoms with van der Waals surface area (Å²) in [4.78, 5) is 32.6. The summed E-state index contributed by atoms with van der Waals surface area (Å²) in [6, 6.07) is 12.5. The predicted molar refractivity (Wildman–Crippen MR) is 125 cm³/mol. The Kier molecular flexibility index (Phi) is 6.63. The standard InChI is InChI=1S/C24H25Cl2N3O2/c1-2-5-22-27-21-7-4-3-6-18(21)24(31)29(22)15-16-10-12-28(13-11-16)23(30)17-8-9-19(25)20(26)14-17/h3-4,6-9,14,16H,2,5,10-13,15H2,1H3. The molecule has 2 heterocycles. The van der Waals surface area contributed by atoms with Gasteiger partial charge in [-0.05, 0) is 55.5 Å². The number of halogens is 2. The van der Waals surface area contributed by atoms with Gasteiger partial charge in [0.2, 0.25) is 0 Å². The van der Waals surface area contributed by atoms with Crippen LogP contribution in [0.4, 0.5) is 0 Å². The summed E-state index contributed by atoms with van der Waals surface area (Å²) in [6.45, 7) is 4.05. The number of carbonyl (C=O) groups is 1. The highest BCUT2D eigenvalue weighted by Gasteiger charge is 2.25. The molecule has 162 valence electrons. The number of nitrogens with zero attached hydrogens (tertiary/aromatic N) is 3. The van der Waals surface area contributed by atoms with E-state index in [0.717, 1.165) is 37.0 Å². The minimum absolute atomic E-state index is 0.0309. The number of carbonyl (C=O) groups excluding carboxylic acids is 1. The van der Waals surface area contributed by atoms with Gasteiger partial charge in [0, 0.05) is 31.6 Å². The molecule has 0 saturated carbocycles. The van der Waals surface area contributed by atoms with Gasteiger partial charge >= 0.3 is 0 Å². The predicted octanol–water partition coefficient (Wildman–Crippen LogP) is 5.21. The van der Waals surface area contributed by atoms with Crippen LogP contribution in [0.25, 0.3) is 10.9 Å². The van der Waals surface area contributed by atoms with Crippen LogP contribution in [0.2, 0.25) is 10.0 Å². The highest BCUT2D eigenvalue weighted by Crippen LogP contribution is 2.25. The SMILES string of the molecule is CCCc1nc2ccccc2c(=O)n1CC1CCN(C(=O)c2ccc(Cl)c(Cl)c2)CC1. The van der Waals surface area contributed by atoms with E-state index in [9.17, 15) is 9.59 Å². The molecule has 1 fully saturated rings. The van der Waals surface area contributed by atoms with Crippen LogP contribution < -0.4 is 5.56 Å². The lowest BCUT2D eigenvalue weighted by atomic mass is 9.96. The lowest BCUT2D eigenvalue weighted by molar-refractivity contribution is 0.0682. The fraction of sp³-hybridized carbons (Fsp3) is 0.375. The number of piperidine rings is 1. The van der Waals surface area contributed by atoms with E-state index >= 15 is 0 Å². The third kappa shape index (κ3) is 4.63. The molecule has 0 spiro atoms. The summed E-state index contributed by atoms with van der Waals surface area (Å²) in [5.41, 5.74) is 1.34. The average Bonchev–Trinajstić information content (AvgIpc) is 2.78. The zero-order chi connectivity index (χ0) is 22.0. The quantitative estimate of drug-likeness (QED) is 0.528. The van der Waals surface area contributed by atoms with Gasteiger partial charge in [-0.2, -0.15) is 0 Å². The Morgan fingerprint density at radius 3 is 2.55 bits per heavy atom. The molecule has 1 aliphatic rings. The van der Waals surface area contributed by atoms with Gasteiger partial charge < -0.3 is 4.90 Å². The monoisotopic (exact) mass is 457 g/mol. The second kappa shape index (κ2) is 9.41. The van der Waals surface area contributed by atoms with E-state index in [-0.39, 0.29) is 11.5 Å². The van der Waals surface area contributed by atoms with Gasteiger partial charge in [-0.1, -0.05) is 42.3 Å². The molecule has 1 aliphatic heterocycles. The zero-order valence-electron chi connectivity index (χ0n) is 17.5. The highest BCUT2D eigenvalue weighted by molar-refractivity contribution is 6.42. The van der Waals surface area contributed by atoms with Crippen molar-refractivity contribution in [3.63, 3.8) is 0 Å². The van der Waals surface area contributed by atoms with Gasteiger partial charge in [0.05, 0.1) is 20.9 Å². The van der Waals surface area contributed by atoms with Crippen LogP contribution in [0.15, 0.2) is 47.3 Å². The van der Waals surface area contributed by atoms with Crippen molar-refractivity contribution < 1.29 is 4.79 Å². The van der Waals surface area contributed by atoms with Gasteiger partial charge in [0.15, 0.2) is 0 Å². The number of likely N-dealkylation sites (tertiary alicyclic amines) is 1. The molecule has 0 radical (unpaired) electrons. The zero-order valence-corrected chi connectivity index (χ0v) is 19.0. The van der Waals surface area contributed by atoms with Crippen LogP contribution >= 0.6 is 23.2 Å². The van der Waals surface area contributed by atoms with Gasteiger partial charge in [0.25, 0.3) is 11.5 Å². The molecule has 2 aromatic carbocycles. The molecule has 4 rings (SSSR count). The van der Waals surface area contributed by atoms with Crippen LogP contribution in [-0.2, 0) is 13.0 Å². The first-order valence-corrected chi connectivity index (χ1v) is 11.5. The van der Waals surface area contributed by atoms with Gasteiger partial charge in [-0.25, -0.2) is 4.98 Å². The molecule has 1 saturated heterocycles. The molecule has 31 heavy (non-hydrogen) atoms. The van der Waals surface area contributed by atoms with Gasteiger partial charge in [0.1, 0.15) is 5.82 Å². The second-order valence-corrected chi connectivity index (χ2v) is 8.89. The molecule has 7 heteroatoms. The maximum absolute atomic E-state index is 13.1. The number of aryl methyl sites for hydroxylation is 1. The molecular weight excluding hydrogens is 433 g/mol. The lowest BCUT2D eigenvalue weighted by Crippen LogP contribution is -2.40. The van der Waals surface area contributed by atoms with Crippen molar-refractivity contribution in [2.24, 2.45) is 5.92 Å². The summed E-state index contributed by atoms with van der Waals surface area (Å²) < 4.78 is 1.85. The van der Waals surface area contributed by atoms with Crippen LogP contribution in [0.5, 0.6) is 0 Å². The maximum Gasteiger partial charge on any atom is 0.261 e. The number of hydrogen-bond donors (Lipinski definition) is 0. The summed E-state index contributed by atoms with van der Waals surface area (Å²) in [5, 5.41) is 1.48. The van der Waals surface area contributed by atoms with Crippen molar-refractivity contribution in [2.75, 3.05) is 13.1 Å². The maximum atomic E-state index is 13.1. The first kappa shape index (κ1) is 21.8. The van der Waals surface area contributed by atoms with Crippen LogP contribution in [0.1, 0.15) is 42.4 Å². The molecule has 5 nitrogen and oxygen atoms in total. The third-order valence-corrected chi connectivity index (χ3v) is 6.66. The minimum Gasteiger partial charge on any atom is -0.339 e. The highest BCUT2D eigenvalue weighted by atomic mass is 35.5. The van der Waals surface area contributed by atoms with E-state index in [1.54, 1.807) is 18.2 Å². The first-order valence-electron chi connectivity index (χ1n) is 10.7. The molecule has 0 atom stereocenters. The number of rotatable bonds is 5. The van der Waals surface area contributed by atoms with Crippen molar-refractivity contribution in [2.45, 2.75) is 39.2 Å². The Morgan fingerprint density at radius 1 is 1.10 bits per heavy atom. The van der Waals surface area contributed by atoms with E-state index in [2.05, 4.69) is 6.92 Å². The van der Waals surface area contributed by atoms with Crippen molar-refractivity contribution >= 4 is 40.0 Å². The van der Waals surface area contributed by atoms with E-state index in [4.69, 9.17) is 28.2 Å². The Balaban J connectivity index is 1.48. The average molecular weight is 458 g/mol. The minimum atomic E-state index is -0.0340. The topological polar surface area (TPSA) is 55.2 Å². The van der Waals surface area contributed by atoms with E-state index < -0.39 is 0 Å².